The Morgan fingerprint density at radius 1 is 1.14 bits per heavy atom. The Bertz CT molecular complexity index is 1030. The second kappa shape index (κ2) is 7.11. The molecular weight excluding hydrogens is 352 g/mol. The van der Waals surface area contributed by atoms with Crippen molar-refractivity contribution in [3.05, 3.63) is 65.0 Å². The summed E-state index contributed by atoms with van der Waals surface area (Å²) in [5.41, 5.74) is 4.09. The fourth-order valence-electron chi connectivity index (χ4n) is 3.04. The third-order valence-corrected chi connectivity index (χ3v) is 4.73. The predicted molar refractivity (Wildman–Crippen MR) is 111 cm³/mol. The largest absolute Gasteiger partial charge is 0.478 e. The molecule has 1 N–H and O–H groups in total. The molecule has 1 aromatic carbocycles. The Balaban J connectivity index is 2.24. The van der Waals surface area contributed by atoms with Crippen molar-refractivity contribution in [1.82, 2.24) is 14.8 Å². The van der Waals surface area contributed by atoms with Gasteiger partial charge in [0.15, 0.2) is 0 Å². The molecule has 0 bridgehead atoms. The number of benzene rings is 1. The lowest BCUT2D eigenvalue weighted by Gasteiger charge is -2.21. The third kappa shape index (κ3) is 3.63. The van der Waals surface area contributed by atoms with Crippen molar-refractivity contribution < 1.29 is 9.90 Å². The molecule has 146 valence electrons. The monoisotopic (exact) mass is 378 g/mol. The van der Waals surface area contributed by atoms with Crippen molar-refractivity contribution in [3.63, 3.8) is 0 Å². The average Bonchev–Trinajstić information content (AvgIpc) is 3.08. The van der Waals surface area contributed by atoms with Crippen LogP contribution >= 0.6 is 0 Å². The SMILES string of the molecule is Cc1ccc(C)c(-n2nc(C(C)(C)C)cc2N(C)c2ncccc2C(=O)O)c1. The summed E-state index contributed by atoms with van der Waals surface area (Å²) in [7, 11) is 1.82. The Labute approximate surface area is 165 Å². The van der Waals surface area contributed by atoms with Gasteiger partial charge in [0.2, 0.25) is 0 Å². The number of rotatable bonds is 4. The highest BCUT2D eigenvalue weighted by molar-refractivity contribution is 5.94. The van der Waals surface area contributed by atoms with E-state index in [2.05, 4.69) is 44.0 Å². The quantitative estimate of drug-likeness (QED) is 0.716. The number of aryl methyl sites for hydroxylation is 2. The maximum atomic E-state index is 11.7. The molecule has 0 amide bonds. The van der Waals surface area contributed by atoms with E-state index in [1.165, 1.54) is 0 Å². The molecule has 3 rings (SSSR count). The van der Waals surface area contributed by atoms with E-state index in [1.54, 1.807) is 23.2 Å². The Morgan fingerprint density at radius 2 is 1.86 bits per heavy atom. The summed E-state index contributed by atoms with van der Waals surface area (Å²) in [6, 6.07) is 11.4. The first-order valence-corrected chi connectivity index (χ1v) is 9.20. The molecule has 0 aliphatic rings. The van der Waals surface area contributed by atoms with Crippen LogP contribution in [0.4, 0.5) is 11.6 Å². The molecule has 6 nitrogen and oxygen atoms in total. The van der Waals surface area contributed by atoms with Crippen LogP contribution in [0.5, 0.6) is 0 Å². The number of carbonyl (C=O) groups is 1. The van der Waals surface area contributed by atoms with Crippen molar-refractivity contribution in [2.75, 3.05) is 11.9 Å². The number of aromatic nitrogens is 3. The first kappa shape index (κ1) is 19.6. The van der Waals surface area contributed by atoms with E-state index in [1.807, 2.05) is 31.6 Å². The van der Waals surface area contributed by atoms with Crippen molar-refractivity contribution >= 4 is 17.6 Å². The van der Waals surface area contributed by atoms with Gasteiger partial charge in [0, 0.05) is 24.7 Å². The van der Waals surface area contributed by atoms with Crippen LogP contribution in [0.2, 0.25) is 0 Å². The van der Waals surface area contributed by atoms with Crippen LogP contribution in [0.25, 0.3) is 5.69 Å². The molecule has 6 heteroatoms. The molecule has 0 unspecified atom stereocenters. The van der Waals surface area contributed by atoms with Gasteiger partial charge in [-0.15, -0.1) is 0 Å². The average molecular weight is 378 g/mol. The standard InChI is InChI=1S/C22H26N4O2/c1-14-9-10-15(2)17(12-14)26-19(13-18(24-26)22(3,4)5)25(6)20-16(21(27)28)8-7-11-23-20/h7-13H,1-6H3,(H,27,28). The molecule has 0 fully saturated rings. The van der Waals surface area contributed by atoms with Crippen LogP contribution < -0.4 is 4.90 Å². The molecule has 0 spiro atoms. The van der Waals surface area contributed by atoms with Gasteiger partial charge in [-0.05, 0) is 43.2 Å². The lowest BCUT2D eigenvalue weighted by molar-refractivity contribution is 0.0697. The van der Waals surface area contributed by atoms with E-state index in [4.69, 9.17) is 5.10 Å². The van der Waals surface area contributed by atoms with Gasteiger partial charge in [-0.2, -0.15) is 5.10 Å². The first-order chi connectivity index (χ1) is 13.1. The highest BCUT2D eigenvalue weighted by Crippen LogP contribution is 2.33. The zero-order valence-electron chi connectivity index (χ0n) is 17.2. The van der Waals surface area contributed by atoms with Crippen LogP contribution in [0.1, 0.15) is 48.0 Å². The normalized spacial score (nSPS) is 11.5. The van der Waals surface area contributed by atoms with E-state index in [-0.39, 0.29) is 11.0 Å². The van der Waals surface area contributed by atoms with E-state index in [0.29, 0.717) is 5.82 Å². The number of carboxylic acids is 1. The van der Waals surface area contributed by atoms with Crippen LogP contribution in [-0.2, 0) is 5.41 Å². The molecule has 2 aromatic heterocycles. The lowest BCUT2D eigenvalue weighted by atomic mass is 9.92. The molecule has 0 saturated heterocycles. The van der Waals surface area contributed by atoms with E-state index in [9.17, 15) is 9.90 Å². The van der Waals surface area contributed by atoms with Crippen molar-refractivity contribution in [2.24, 2.45) is 0 Å². The molecule has 28 heavy (non-hydrogen) atoms. The third-order valence-electron chi connectivity index (χ3n) is 4.73. The summed E-state index contributed by atoms with van der Waals surface area (Å²) >= 11 is 0. The van der Waals surface area contributed by atoms with Gasteiger partial charge in [-0.25, -0.2) is 14.5 Å². The fraction of sp³-hybridized carbons (Fsp3) is 0.318. The highest BCUT2D eigenvalue weighted by Gasteiger charge is 2.25. The van der Waals surface area contributed by atoms with Gasteiger partial charge in [0.1, 0.15) is 17.2 Å². The summed E-state index contributed by atoms with van der Waals surface area (Å²) in [5, 5.41) is 14.4. The molecule has 0 aliphatic heterocycles. The number of nitrogens with zero attached hydrogens (tertiary/aromatic N) is 4. The first-order valence-electron chi connectivity index (χ1n) is 9.20. The second-order valence-corrected chi connectivity index (χ2v) is 8.08. The number of anilines is 2. The van der Waals surface area contributed by atoms with Gasteiger partial charge in [-0.1, -0.05) is 32.9 Å². The van der Waals surface area contributed by atoms with E-state index >= 15 is 0 Å². The maximum Gasteiger partial charge on any atom is 0.339 e. The lowest BCUT2D eigenvalue weighted by Crippen LogP contribution is -2.19. The van der Waals surface area contributed by atoms with Crippen molar-refractivity contribution in [2.45, 2.75) is 40.0 Å². The van der Waals surface area contributed by atoms with Crippen LogP contribution in [0, 0.1) is 13.8 Å². The van der Waals surface area contributed by atoms with E-state index < -0.39 is 5.97 Å². The smallest absolute Gasteiger partial charge is 0.339 e. The van der Waals surface area contributed by atoms with Crippen molar-refractivity contribution in [3.8, 4) is 5.69 Å². The summed E-state index contributed by atoms with van der Waals surface area (Å²) in [6.45, 7) is 10.4. The molecule has 0 aliphatic carbocycles. The van der Waals surface area contributed by atoms with Gasteiger partial charge in [-0.3, -0.25) is 0 Å². The number of aromatic carboxylic acids is 1. The number of carboxylic acid groups (broad SMARTS) is 1. The topological polar surface area (TPSA) is 71.2 Å². The zero-order valence-corrected chi connectivity index (χ0v) is 17.2. The van der Waals surface area contributed by atoms with Gasteiger partial charge >= 0.3 is 5.97 Å². The minimum absolute atomic E-state index is 0.149. The van der Waals surface area contributed by atoms with Crippen LogP contribution in [0.3, 0.4) is 0 Å². The van der Waals surface area contributed by atoms with Crippen LogP contribution in [-0.4, -0.2) is 32.9 Å². The second-order valence-electron chi connectivity index (χ2n) is 8.08. The van der Waals surface area contributed by atoms with Gasteiger partial charge in [0.25, 0.3) is 0 Å². The fourth-order valence-corrected chi connectivity index (χ4v) is 3.04. The molecular formula is C22H26N4O2. The Morgan fingerprint density at radius 3 is 2.50 bits per heavy atom. The minimum atomic E-state index is -1.01. The maximum absolute atomic E-state index is 11.7. The highest BCUT2D eigenvalue weighted by atomic mass is 16.4. The molecule has 0 atom stereocenters. The summed E-state index contributed by atoms with van der Waals surface area (Å²) < 4.78 is 1.88. The van der Waals surface area contributed by atoms with Crippen LogP contribution in [0.15, 0.2) is 42.6 Å². The zero-order chi connectivity index (χ0) is 20.6. The summed E-state index contributed by atoms with van der Waals surface area (Å²) in [6.07, 6.45) is 1.60. The van der Waals surface area contributed by atoms with Gasteiger partial charge in [0.05, 0.1) is 11.4 Å². The Hall–Kier alpha value is -3.15. The van der Waals surface area contributed by atoms with E-state index in [0.717, 1.165) is 28.3 Å². The molecule has 0 radical (unpaired) electrons. The number of pyridine rings is 1. The Kier molecular flexibility index (Phi) is 4.98. The molecule has 0 saturated carbocycles. The molecule has 3 aromatic rings. The predicted octanol–water partition coefficient (Wildman–Crippen LogP) is 4.65. The molecule has 2 heterocycles. The van der Waals surface area contributed by atoms with Gasteiger partial charge < -0.3 is 10.0 Å². The number of hydrogen-bond acceptors (Lipinski definition) is 4. The summed E-state index contributed by atoms with van der Waals surface area (Å²) in [5.74, 6) is 0.130. The van der Waals surface area contributed by atoms with Crippen molar-refractivity contribution in [1.29, 1.82) is 0 Å². The number of hydrogen-bond donors (Lipinski definition) is 1. The minimum Gasteiger partial charge on any atom is -0.478 e. The summed E-state index contributed by atoms with van der Waals surface area (Å²) in [4.78, 5) is 17.8.